The van der Waals surface area contributed by atoms with Crippen molar-refractivity contribution in [2.45, 2.75) is 47.0 Å². The summed E-state index contributed by atoms with van der Waals surface area (Å²) < 4.78 is 0. The molecule has 0 radical (unpaired) electrons. The van der Waals surface area contributed by atoms with Gasteiger partial charge >= 0.3 is 0 Å². The average molecular weight is 440 g/mol. The monoisotopic (exact) mass is 439 g/mol. The number of hydrogen-bond donors (Lipinski definition) is 0. The fourth-order valence-corrected chi connectivity index (χ4v) is 7.84. The van der Waals surface area contributed by atoms with E-state index in [-0.39, 0.29) is 5.41 Å². The van der Waals surface area contributed by atoms with E-state index in [1.165, 1.54) is 5.57 Å². The van der Waals surface area contributed by atoms with Gasteiger partial charge in [-0.25, -0.2) is 0 Å². The summed E-state index contributed by atoms with van der Waals surface area (Å²) in [7, 11) is -0.417. The Labute approximate surface area is 195 Å². The Morgan fingerprint density at radius 3 is 2.56 bits per heavy atom. The minimum absolute atomic E-state index is 0.0777. The van der Waals surface area contributed by atoms with Crippen molar-refractivity contribution < 1.29 is 0 Å². The Morgan fingerprint density at radius 2 is 1.84 bits per heavy atom. The van der Waals surface area contributed by atoms with Gasteiger partial charge in [-0.15, -0.1) is 0 Å². The first-order chi connectivity index (χ1) is 15.6. The molecule has 0 fully saturated rings. The third-order valence-electron chi connectivity index (χ3n) is 7.28. The highest BCUT2D eigenvalue weighted by Gasteiger charge is 2.50. The zero-order chi connectivity index (χ0) is 22.6. The van der Waals surface area contributed by atoms with Crippen molar-refractivity contribution in [3.8, 4) is 0 Å². The van der Waals surface area contributed by atoms with Crippen molar-refractivity contribution in [1.82, 2.24) is 0 Å². The lowest BCUT2D eigenvalue weighted by Crippen LogP contribution is -2.35. The second-order valence-corrected chi connectivity index (χ2v) is 11.2. The SMILES string of the molecule is C\C=C(C)/C=C\C=C\C1C2=CC=CCC2(C)C([p+]2ccccc2)=C(C2=CC=CCC2)C1C. The maximum Gasteiger partial charge on any atom is 0.159 e. The van der Waals surface area contributed by atoms with E-state index in [0.717, 1.165) is 19.3 Å². The molecule has 0 aromatic carbocycles. The van der Waals surface area contributed by atoms with Gasteiger partial charge in [-0.05, 0) is 69.2 Å². The zero-order valence-electron chi connectivity index (χ0n) is 20.0. The predicted molar refractivity (Wildman–Crippen MR) is 144 cm³/mol. The summed E-state index contributed by atoms with van der Waals surface area (Å²) in [5.74, 6) is 5.80. The fraction of sp³-hybridized carbons (Fsp3) is 0.323. The van der Waals surface area contributed by atoms with Gasteiger partial charge in [-0.2, -0.15) is 0 Å². The summed E-state index contributed by atoms with van der Waals surface area (Å²) in [6.07, 6.45) is 28.7. The molecule has 1 heteroatoms. The lowest BCUT2D eigenvalue weighted by atomic mass is 9.60. The van der Waals surface area contributed by atoms with Gasteiger partial charge in [0.25, 0.3) is 0 Å². The van der Waals surface area contributed by atoms with Gasteiger partial charge < -0.3 is 0 Å². The van der Waals surface area contributed by atoms with E-state index in [1.807, 2.05) is 0 Å². The second-order valence-electron chi connectivity index (χ2n) is 9.38. The molecule has 0 amide bonds. The normalized spacial score (nSPS) is 28.3. The van der Waals surface area contributed by atoms with E-state index >= 15 is 0 Å². The van der Waals surface area contributed by atoms with E-state index < -0.39 is 7.53 Å². The number of allylic oxidation sites excluding steroid dienone is 16. The fourth-order valence-electron chi connectivity index (χ4n) is 5.45. The van der Waals surface area contributed by atoms with Gasteiger partial charge in [0.1, 0.15) is 16.9 Å². The van der Waals surface area contributed by atoms with E-state index in [2.05, 4.69) is 124 Å². The maximum absolute atomic E-state index is 2.51. The van der Waals surface area contributed by atoms with Crippen LogP contribution in [0.5, 0.6) is 0 Å². The maximum atomic E-state index is 2.51. The van der Waals surface area contributed by atoms with Crippen LogP contribution in [0.1, 0.15) is 47.0 Å². The lowest BCUT2D eigenvalue weighted by molar-refractivity contribution is 0.405. The smallest absolute Gasteiger partial charge is 0.0847 e. The van der Waals surface area contributed by atoms with Crippen LogP contribution in [0.25, 0.3) is 5.31 Å². The summed E-state index contributed by atoms with van der Waals surface area (Å²) in [4.78, 5) is 0. The molecule has 0 saturated heterocycles. The van der Waals surface area contributed by atoms with Crippen molar-refractivity contribution in [1.29, 1.82) is 0 Å². The highest BCUT2D eigenvalue weighted by molar-refractivity contribution is 7.59. The largest absolute Gasteiger partial charge is 0.159 e. The van der Waals surface area contributed by atoms with Crippen LogP contribution in [-0.4, -0.2) is 0 Å². The molecule has 3 aliphatic carbocycles. The van der Waals surface area contributed by atoms with Crippen LogP contribution < -0.4 is 0 Å². The third-order valence-corrected chi connectivity index (χ3v) is 9.52. The van der Waals surface area contributed by atoms with Gasteiger partial charge in [-0.3, -0.25) is 0 Å². The zero-order valence-corrected chi connectivity index (χ0v) is 20.9. The molecule has 3 atom stereocenters. The molecule has 0 nitrogen and oxygen atoms in total. The highest BCUT2D eigenvalue weighted by atomic mass is 31.1. The van der Waals surface area contributed by atoms with Crippen LogP contribution in [0.3, 0.4) is 0 Å². The number of hydrogen-bond acceptors (Lipinski definition) is 0. The standard InChI is InChI=1S/C31H36P/c1-5-24(2)16-10-11-19-27-25(3)29(26-17-8-6-9-18-26)30(32-22-14-7-15-23-32)31(4)21-13-12-20-28(27)31/h5-8,10-17,19-20,22-23,25,27H,9,18,21H2,1-4H3/q+1/b16-10-,19-11+,24-5-. The van der Waals surface area contributed by atoms with Gasteiger partial charge in [0.2, 0.25) is 0 Å². The molecule has 0 N–H and O–H groups in total. The highest BCUT2D eigenvalue weighted by Crippen LogP contribution is 2.64. The quantitative estimate of drug-likeness (QED) is 0.401. The Morgan fingerprint density at radius 1 is 1.06 bits per heavy atom. The summed E-state index contributed by atoms with van der Waals surface area (Å²) in [6, 6.07) is 6.67. The summed E-state index contributed by atoms with van der Waals surface area (Å²) in [5.41, 5.74) is 6.16. The number of fused-ring (bicyclic) bond motifs is 1. The first kappa shape index (κ1) is 22.8. The minimum atomic E-state index is -0.417. The van der Waals surface area contributed by atoms with E-state index in [0.29, 0.717) is 11.8 Å². The van der Waals surface area contributed by atoms with Crippen molar-refractivity contribution in [2.24, 2.45) is 17.3 Å². The molecule has 1 heterocycles. The van der Waals surface area contributed by atoms with Crippen LogP contribution in [0.4, 0.5) is 0 Å². The van der Waals surface area contributed by atoms with Gasteiger partial charge in [-0.1, -0.05) is 85.4 Å². The van der Waals surface area contributed by atoms with Crippen LogP contribution in [0.2, 0.25) is 0 Å². The van der Waals surface area contributed by atoms with E-state index in [4.69, 9.17) is 0 Å². The molecular weight excluding hydrogens is 403 g/mol. The van der Waals surface area contributed by atoms with Gasteiger partial charge in [0, 0.05) is 11.5 Å². The molecular formula is C31H36P+. The molecule has 4 rings (SSSR count). The lowest BCUT2D eigenvalue weighted by Gasteiger charge is -2.45. The molecule has 0 aliphatic heterocycles. The molecule has 1 aromatic rings. The Kier molecular flexibility index (Phi) is 7.12. The van der Waals surface area contributed by atoms with Crippen molar-refractivity contribution in [2.75, 3.05) is 0 Å². The Balaban J connectivity index is 1.89. The van der Waals surface area contributed by atoms with Crippen LogP contribution in [-0.2, 0) is 0 Å². The minimum Gasteiger partial charge on any atom is -0.0847 e. The van der Waals surface area contributed by atoms with Crippen molar-refractivity contribution in [3.63, 3.8) is 0 Å². The molecule has 3 unspecified atom stereocenters. The molecule has 3 aliphatic rings. The van der Waals surface area contributed by atoms with E-state index in [1.54, 1.807) is 22.0 Å². The number of rotatable bonds is 5. The van der Waals surface area contributed by atoms with Crippen LogP contribution in [0, 0.1) is 17.3 Å². The van der Waals surface area contributed by atoms with Crippen LogP contribution >= 0.6 is 7.53 Å². The molecule has 0 spiro atoms. The van der Waals surface area contributed by atoms with Crippen LogP contribution in [0.15, 0.2) is 119 Å². The first-order valence-electron chi connectivity index (χ1n) is 12.0. The first-order valence-corrected chi connectivity index (χ1v) is 13.5. The molecule has 32 heavy (non-hydrogen) atoms. The molecule has 0 saturated carbocycles. The van der Waals surface area contributed by atoms with E-state index in [9.17, 15) is 0 Å². The predicted octanol–water partition coefficient (Wildman–Crippen LogP) is 9.68. The Hall–Kier alpha value is -2.43. The topological polar surface area (TPSA) is 0 Å². The molecule has 164 valence electrons. The molecule has 0 bridgehead atoms. The Bertz CT molecular complexity index is 1080. The summed E-state index contributed by atoms with van der Waals surface area (Å²) >= 11 is 0. The third kappa shape index (κ3) is 4.39. The van der Waals surface area contributed by atoms with Gasteiger partial charge in [0.15, 0.2) is 7.53 Å². The van der Waals surface area contributed by atoms with Crippen molar-refractivity contribution in [3.05, 3.63) is 119 Å². The second kappa shape index (κ2) is 10.0. The molecule has 1 aromatic heterocycles. The average Bonchev–Trinajstić information content (AvgIpc) is 2.83. The van der Waals surface area contributed by atoms with Crippen molar-refractivity contribution >= 4 is 12.8 Å². The summed E-state index contributed by atoms with van der Waals surface area (Å²) in [6.45, 7) is 9.21. The van der Waals surface area contributed by atoms with Gasteiger partial charge in [0.05, 0.1) is 5.41 Å². The summed E-state index contributed by atoms with van der Waals surface area (Å²) in [5, 5.41) is 1.68.